The summed E-state index contributed by atoms with van der Waals surface area (Å²) >= 11 is 0. The van der Waals surface area contributed by atoms with E-state index in [1.165, 1.54) is 6.92 Å². The Labute approximate surface area is 66.0 Å². The van der Waals surface area contributed by atoms with Crippen LogP contribution in [0, 0.1) is 0 Å². The van der Waals surface area contributed by atoms with Gasteiger partial charge in [0.05, 0.1) is 0 Å². The van der Waals surface area contributed by atoms with Gasteiger partial charge in [0, 0.05) is 6.92 Å². The molecule has 0 aliphatic rings. The Balaban J connectivity index is 3.98. The molecule has 4 heteroatoms. The molecule has 1 N–H and O–H groups in total. The third-order valence-corrected chi connectivity index (χ3v) is 1.51. The fourth-order valence-electron chi connectivity index (χ4n) is 0.687. The van der Waals surface area contributed by atoms with Crippen LogP contribution in [0.4, 0.5) is 0 Å². The van der Waals surface area contributed by atoms with Crippen LogP contribution in [-0.2, 0) is 14.4 Å². The van der Waals surface area contributed by atoms with E-state index in [1.54, 1.807) is 6.92 Å². The van der Waals surface area contributed by atoms with Crippen molar-refractivity contribution < 1.29 is 19.7 Å². The lowest BCUT2D eigenvalue weighted by Gasteiger charge is -2.25. The van der Waals surface area contributed by atoms with Gasteiger partial charge in [-0.2, -0.15) is 0 Å². The number of carbonyl (C=O) groups excluding carboxylic acids is 1. The smallest absolute Gasteiger partial charge is 0.303 e. The molecule has 0 aromatic heterocycles. The fourth-order valence-corrected chi connectivity index (χ4v) is 0.687. The largest absolute Gasteiger partial charge is 0.457 e. The second-order valence-electron chi connectivity index (χ2n) is 2.67. The number of esters is 1. The van der Waals surface area contributed by atoms with Crippen LogP contribution in [0.15, 0.2) is 0 Å². The zero-order valence-electron chi connectivity index (χ0n) is 7.09. The van der Waals surface area contributed by atoms with Gasteiger partial charge in [0.15, 0.2) is 0 Å². The Morgan fingerprint density at radius 3 is 2.45 bits per heavy atom. The zero-order chi connectivity index (χ0) is 8.91. The van der Waals surface area contributed by atoms with Gasteiger partial charge in [0.2, 0.25) is 0 Å². The lowest BCUT2D eigenvalue weighted by Crippen LogP contribution is -2.35. The van der Waals surface area contributed by atoms with E-state index in [2.05, 4.69) is 4.89 Å². The van der Waals surface area contributed by atoms with Gasteiger partial charge in [0.1, 0.15) is 12.2 Å². The molecule has 0 amide bonds. The van der Waals surface area contributed by atoms with E-state index in [9.17, 15) is 4.79 Å². The van der Waals surface area contributed by atoms with Gasteiger partial charge in [-0.1, -0.05) is 6.92 Å². The third-order valence-electron chi connectivity index (χ3n) is 1.51. The van der Waals surface area contributed by atoms with Crippen molar-refractivity contribution in [1.29, 1.82) is 0 Å². The van der Waals surface area contributed by atoms with Crippen LogP contribution in [0.1, 0.15) is 27.2 Å². The number of ether oxygens (including phenoxy) is 1. The van der Waals surface area contributed by atoms with E-state index in [1.807, 2.05) is 6.92 Å². The van der Waals surface area contributed by atoms with Crippen molar-refractivity contribution in [3.05, 3.63) is 0 Å². The molecule has 0 spiro atoms. The van der Waals surface area contributed by atoms with Crippen molar-refractivity contribution in [1.82, 2.24) is 0 Å². The molecule has 0 rings (SSSR count). The maximum Gasteiger partial charge on any atom is 0.303 e. The molecule has 11 heavy (non-hydrogen) atoms. The molecule has 0 radical (unpaired) electrons. The number of rotatable bonds is 4. The van der Waals surface area contributed by atoms with E-state index < -0.39 is 5.60 Å². The highest BCUT2D eigenvalue weighted by atomic mass is 17.1. The van der Waals surface area contributed by atoms with Crippen molar-refractivity contribution in [2.75, 3.05) is 6.61 Å². The zero-order valence-corrected chi connectivity index (χ0v) is 7.09. The van der Waals surface area contributed by atoms with Crippen LogP contribution in [0.3, 0.4) is 0 Å². The summed E-state index contributed by atoms with van der Waals surface area (Å²) in [6.45, 7) is 4.88. The lowest BCUT2D eigenvalue weighted by molar-refractivity contribution is -0.273. The molecule has 0 bridgehead atoms. The first-order valence-corrected chi connectivity index (χ1v) is 3.50. The summed E-state index contributed by atoms with van der Waals surface area (Å²) in [6.07, 6.45) is 0.604. The molecule has 0 aliphatic heterocycles. The van der Waals surface area contributed by atoms with E-state index in [0.717, 1.165) is 0 Å². The van der Waals surface area contributed by atoms with Gasteiger partial charge in [-0.15, -0.1) is 0 Å². The molecular formula is C7H14O4. The number of hydrogen-bond acceptors (Lipinski definition) is 4. The molecule has 0 saturated carbocycles. The van der Waals surface area contributed by atoms with Crippen LogP contribution in [0.2, 0.25) is 0 Å². The number of hydrogen-bond donors (Lipinski definition) is 1. The van der Waals surface area contributed by atoms with Crippen LogP contribution >= 0.6 is 0 Å². The third kappa shape index (κ3) is 3.95. The molecular weight excluding hydrogens is 148 g/mol. The van der Waals surface area contributed by atoms with Crippen molar-refractivity contribution in [2.24, 2.45) is 0 Å². The van der Waals surface area contributed by atoms with Gasteiger partial charge in [-0.05, 0) is 13.3 Å². The Kier molecular flexibility index (Phi) is 4.07. The first-order chi connectivity index (χ1) is 5.04. The molecule has 0 fully saturated rings. The Morgan fingerprint density at radius 2 is 2.18 bits per heavy atom. The molecule has 66 valence electrons. The average Bonchev–Trinajstić information content (AvgIpc) is 1.87. The second kappa shape index (κ2) is 4.31. The highest BCUT2D eigenvalue weighted by molar-refractivity contribution is 5.66. The van der Waals surface area contributed by atoms with E-state index in [-0.39, 0.29) is 12.6 Å². The van der Waals surface area contributed by atoms with E-state index in [0.29, 0.717) is 6.42 Å². The van der Waals surface area contributed by atoms with Crippen LogP contribution in [-0.4, -0.2) is 23.4 Å². The summed E-state index contributed by atoms with van der Waals surface area (Å²) in [5.41, 5.74) is -0.708. The molecule has 4 nitrogen and oxygen atoms in total. The van der Waals surface area contributed by atoms with E-state index in [4.69, 9.17) is 9.99 Å². The van der Waals surface area contributed by atoms with Gasteiger partial charge in [-0.3, -0.25) is 10.1 Å². The Morgan fingerprint density at radius 1 is 1.64 bits per heavy atom. The van der Waals surface area contributed by atoms with Gasteiger partial charge in [0.25, 0.3) is 0 Å². The average molecular weight is 162 g/mol. The van der Waals surface area contributed by atoms with Crippen molar-refractivity contribution in [3.63, 3.8) is 0 Å². The molecule has 0 heterocycles. The van der Waals surface area contributed by atoms with Crippen molar-refractivity contribution in [3.8, 4) is 0 Å². The summed E-state index contributed by atoms with van der Waals surface area (Å²) in [6, 6.07) is 0. The maximum atomic E-state index is 10.5. The lowest BCUT2D eigenvalue weighted by atomic mass is 10.1. The second-order valence-corrected chi connectivity index (χ2v) is 2.67. The molecule has 0 aromatic carbocycles. The highest BCUT2D eigenvalue weighted by Crippen LogP contribution is 2.15. The molecule has 0 aliphatic carbocycles. The van der Waals surface area contributed by atoms with Gasteiger partial charge >= 0.3 is 5.97 Å². The van der Waals surface area contributed by atoms with Gasteiger partial charge < -0.3 is 4.74 Å². The minimum absolute atomic E-state index is 0.00306. The van der Waals surface area contributed by atoms with Crippen LogP contribution < -0.4 is 0 Å². The summed E-state index contributed by atoms with van der Waals surface area (Å²) < 4.78 is 4.90. The van der Waals surface area contributed by atoms with Crippen LogP contribution in [0.25, 0.3) is 0 Å². The standard InChI is InChI=1S/C7H14O4/c1-4-7(3,5-10-9)11-6(2)8/h9H,4-5H2,1-3H3. The first-order valence-electron chi connectivity index (χ1n) is 3.50. The summed E-state index contributed by atoms with van der Waals surface area (Å²) in [5.74, 6) is -0.369. The Hall–Kier alpha value is -0.610. The predicted octanol–water partition coefficient (Wildman–Crippen LogP) is 1.21. The monoisotopic (exact) mass is 162 g/mol. The quantitative estimate of drug-likeness (QED) is 0.383. The Bertz CT molecular complexity index is 134. The summed E-state index contributed by atoms with van der Waals surface area (Å²) in [5, 5.41) is 8.15. The minimum Gasteiger partial charge on any atom is -0.457 e. The minimum atomic E-state index is -0.708. The molecule has 1 atom stereocenters. The SMILES string of the molecule is CCC(C)(COO)OC(C)=O. The number of carbonyl (C=O) groups is 1. The van der Waals surface area contributed by atoms with Crippen LogP contribution in [0.5, 0.6) is 0 Å². The summed E-state index contributed by atoms with van der Waals surface area (Å²) in [4.78, 5) is 14.5. The van der Waals surface area contributed by atoms with Crippen molar-refractivity contribution in [2.45, 2.75) is 32.8 Å². The topological polar surface area (TPSA) is 55.8 Å². The first kappa shape index (κ1) is 10.4. The maximum absolute atomic E-state index is 10.5. The predicted molar refractivity (Wildman–Crippen MR) is 39.0 cm³/mol. The van der Waals surface area contributed by atoms with Crippen molar-refractivity contribution >= 4 is 5.97 Å². The molecule has 0 aromatic rings. The van der Waals surface area contributed by atoms with E-state index >= 15 is 0 Å². The fraction of sp³-hybridized carbons (Fsp3) is 0.857. The summed E-state index contributed by atoms with van der Waals surface area (Å²) in [7, 11) is 0. The molecule has 0 saturated heterocycles. The van der Waals surface area contributed by atoms with Gasteiger partial charge in [-0.25, -0.2) is 4.89 Å². The molecule has 1 unspecified atom stereocenters. The normalized spacial score (nSPS) is 15.6. The highest BCUT2D eigenvalue weighted by Gasteiger charge is 2.25.